The van der Waals surface area contributed by atoms with Gasteiger partial charge in [-0.25, -0.2) is 0 Å². The highest BCUT2D eigenvalue weighted by molar-refractivity contribution is 6.23. The second kappa shape index (κ2) is 12.8. The molecule has 0 spiro atoms. The average molecular weight is 754 g/mol. The van der Waals surface area contributed by atoms with Crippen molar-refractivity contribution in [3.8, 4) is 33.4 Å². The molecule has 1 aromatic heterocycles. The van der Waals surface area contributed by atoms with Gasteiger partial charge in [-0.15, -0.1) is 0 Å². The largest absolute Gasteiger partial charge is 0.455 e. The summed E-state index contributed by atoms with van der Waals surface area (Å²) in [5.41, 5.74) is 14.9. The molecule has 2 heteroatoms. The minimum Gasteiger partial charge on any atom is -0.455 e. The number of furan rings is 1. The van der Waals surface area contributed by atoms with Gasteiger partial charge in [-0.05, 0) is 120 Å². The highest BCUT2D eigenvalue weighted by Crippen LogP contribution is 2.51. The van der Waals surface area contributed by atoms with Crippen LogP contribution < -0.4 is 4.90 Å². The van der Waals surface area contributed by atoms with Crippen LogP contribution in [0.3, 0.4) is 0 Å². The van der Waals surface area contributed by atoms with Gasteiger partial charge in [-0.1, -0.05) is 159 Å². The van der Waals surface area contributed by atoms with E-state index in [9.17, 15) is 0 Å². The molecule has 278 valence electrons. The van der Waals surface area contributed by atoms with Gasteiger partial charge in [0.1, 0.15) is 11.2 Å². The lowest BCUT2D eigenvalue weighted by Gasteiger charge is -2.28. The van der Waals surface area contributed by atoms with Crippen molar-refractivity contribution in [2.75, 3.05) is 4.90 Å². The highest BCUT2D eigenvalue weighted by Gasteiger charge is 2.36. The molecule has 12 rings (SSSR count). The molecule has 1 aliphatic carbocycles. The Bertz CT molecular complexity index is 3460. The Morgan fingerprint density at radius 1 is 0.373 bits per heavy atom. The summed E-state index contributed by atoms with van der Waals surface area (Å²) in [6.07, 6.45) is 0. The first-order chi connectivity index (χ1) is 29.0. The molecule has 0 radical (unpaired) electrons. The molecule has 59 heavy (non-hydrogen) atoms. The predicted molar refractivity (Wildman–Crippen MR) is 249 cm³/mol. The van der Waals surface area contributed by atoms with Gasteiger partial charge in [0.15, 0.2) is 0 Å². The Hall–Kier alpha value is -7.42. The number of fused-ring (bicyclic) bond motifs is 10. The fourth-order valence-electron chi connectivity index (χ4n) is 9.94. The number of benzene rings is 10. The van der Waals surface area contributed by atoms with Crippen molar-refractivity contribution in [2.24, 2.45) is 0 Å². The zero-order valence-electron chi connectivity index (χ0n) is 32.9. The summed E-state index contributed by atoms with van der Waals surface area (Å²) < 4.78 is 7.17. The molecule has 11 aromatic rings. The summed E-state index contributed by atoms with van der Waals surface area (Å²) in [5.74, 6) is 0. The van der Waals surface area contributed by atoms with Crippen LogP contribution in [0.4, 0.5) is 17.1 Å². The number of nitrogens with zero attached hydrogens (tertiary/aromatic N) is 1. The quantitative estimate of drug-likeness (QED) is 0.163. The highest BCUT2D eigenvalue weighted by atomic mass is 16.3. The van der Waals surface area contributed by atoms with E-state index in [0.717, 1.165) is 44.6 Å². The Morgan fingerprint density at radius 3 is 1.78 bits per heavy atom. The maximum absolute atomic E-state index is 7.17. The summed E-state index contributed by atoms with van der Waals surface area (Å²) in [4.78, 5) is 2.38. The van der Waals surface area contributed by atoms with Crippen LogP contribution in [-0.2, 0) is 5.41 Å². The molecule has 0 N–H and O–H groups in total. The van der Waals surface area contributed by atoms with Crippen LogP contribution in [0, 0.1) is 0 Å². The van der Waals surface area contributed by atoms with Crippen LogP contribution in [0.1, 0.15) is 25.0 Å². The van der Waals surface area contributed by atoms with Crippen molar-refractivity contribution < 1.29 is 4.42 Å². The predicted octanol–water partition coefficient (Wildman–Crippen LogP) is 16.2. The zero-order valence-corrected chi connectivity index (χ0v) is 32.9. The van der Waals surface area contributed by atoms with Crippen molar-refractivity contribution >= 4 is 71.3 Å². The van der Waals surface area contributed by atoms with Gasteiger partial charge in [0.25, 0.3) is 0 Å². The van der Waals surface area contributed by atoms with Crippen molar-refractivity contribution in [1.29, 1.82) is 0 Å². The summed E-state index contributed by atoms with van der Waals surface area (Å²) in [6, 6.07) is 73.0. The molecule has 0 saturated carbocycles. The van der Waals surface area contributed by atoms with Gasteiger partial charge >= 0.3 is 0 Å². The Kier molecular flexibility index (Phi) is 7.31. The normalized spacial score (nSPS) is 13.1. The number of hydrogen-bond acceptors (Lipinski definition) is 2. The third kappa shape index (κ3) is 5.13. The van der Waals surface area contributed by atoms with Crippen LogP contribution in [0.15, 0.2) is 205 Å². The molecule has 1 aliphatic rings. The zero-order chi connectivity index (χ0) is 39.2. The third-order valence-corrected chi connectivity index (χ3v) is 12.8. The van der Waals surface area contributed by atoms with E-state index in [1.807, 2.05) is 0 Å². The molecular formula is C57H39NO. The Labute approximate surface area is 343 Å². The van der Waals surface area contributed by atoms with Crippen LogP contribution in [0.5, 0.6) is 0 Å². The maximum Gasteiger partial charge on any atom is 0.143 e. The minimum absolute atomic E-state index is 0.126. The molecule has 0 bridgehead atoms. The first-order valence-electron chi connectivity index (χ1n) is 20.5. The van der Waals surface area contributed by atoms with E-state index in [2.05, 4.69) is 219 Å². The van der Waals surface area contributed by atoms with E-state index in [-0.39, 0.29) is 5.41 Å². The Balaban J connectivity index is 1.08. The van der Waals surface area contributed by atoms with E-state index >= 15 is 0 Å². The van der Waals surface area contributed by atoms with Crippen molar-refractivity contribution in [3.63, 3.8) is 0 Å². The fourth-order valence-corrected chi connectivity index (χ4v) is 9.94. The maximum atomic E-state index is 7.17. The lowest BCUT2D eigenvalue weighted by molar-refractivity contribution is 0.660. The summed E-state index contributed by atoms with van der Waals surface area (Å²) in [7, 11) is 0. The molecule has 2 nitrogen and oxygen atoms in total. The van der Waals surface area contributed by atoms with Gasteiger partial charge in [-0.2, -0.15) is 0 Å². The fraction of sp³-hybridized carbons (Fsp3) is 0.0526. The molecule has 0 amide bonds. The molecule has 0 fully saturated rings. The first-order valence-corrected chi connectivity index (χ1v) is 20.5. The van der Waals surface area contributed by atoms with Crippen LogP contribution in [0.2, 0.25) is 0 Å². The molecule has 0 atom stereocenters. The molecule has 1 heterocycles. The van der Waals surface area contributed by atoms with E-state index in [1.54, 1.807) is 0 Å². The second-order valence-electron chi connectivity index (χ2n) is 16.5. The monoisotopic (exact) mass is 753 g/mol. The smallest absolute Gasteiger partial charge is 0.143 e. The third-order valence-electron chi connectivity index (χ3n) is 12.8. The topological polar surface area (TPSA) is 16.4 Å². The van der Waals surface area contributed by atoms with E-state index in [0.29, 0.717) is 0 Å². The minimum atomic E-state index is -0.126. The van der Waals surface area contributed by atoms with Crippen LogP contribution in [0.25, 0.3) is 87.6 Å². The van der Waals surface area contributed by atoms with Crippen LogP contribution >= 0.6 is 0 Å². The summed E-state index contributed by atoms with van der Waals surface area (Å²) in [5, 5.41) is 9.54. The Morgan fingerprint density at radius 2 is 0.966 bits per heavy atom. The number of hydrogen-bond donors (Lipinski definition) is 0. The van der Waals surface area contributed by atoms with E-state index in [4.69, 9.17) is 4.42 Å². The second-order valence-corrected chi connectivity index (χ2v) is 16.5. The molecular weight excluding hydrogens is 715 g/mol. The van der Waals surface area contributed by atoms with Gasteiger partial charge in [0, 0.05) is 44.9 Å². The summed E-state index contributed by atoms with van der Waals surface area (Å²) in [6.45, 7) is 4.70. The lowest BCUT2D eigenvalue weighted by Crippen LogP contribution is -2.16. The van der Waals surface area contributed by atoms with Gasteiger partial charge in [0.05, 0.1) is 0 Å². The van der Waals surface area contributed by atoms with E-state index in [1.165, 1.54) is 71.3 Å². The molecule has 0 unspecified atom stereocenters. The number of rotatable bonds is 5. The molecule has 10 aromatic carbocycles. The van der Waals surface area contributed by atoms with Gasteiger partial charge < -0.3 is 9.32 Å². The molecule has 0 aliphatic heterocycles. The van der Waals surface area contributed by atoms with Crippen molar-refractivity contribution in [2.45, 2.75) is 19.3 Å². The van der Waals surface area contributed by atoms with E-state index < -0.39 is 0 Å². The first kappa shape index (κ1) is 33.7. The van der Waals surface area contributed by atoms with Gasteiger partial charge in [0.2, 0.25) is 0 Å². The standard InChI is InChI=1S/C57H39NO/c1-57(2)52-23-13-12-22-47(52)48-30-28-41(34-53(48)57)58(40-26-24-37(25-27-40)36-14-4-3-5-15-36)42-29-31-49-51-33-39-17-7-9-19-44(39)55(56(51)59-54(49)35-42)50-32-38-16-6-8-18-43(38)45-20-10-11-21-46(45)50/h3-35H,1-2H3. The number of anilines is 3. The SMILES string of the molecule is CC1(C)c2ccccc2-c2ccc(N(c3ccc(-c4ccccc4)cc3)c3ccc4c(c3)oc3c(-c5cc6ccccc6c6ccccc56)c5ccccc5cc34)cc21. The van der Waals surface area contributed by atoms with Crippen LogP contribution in [-0.4, -0.2) is 0 Å². The molecule has 0 saturated heterocycles. The van der Waals surface area contributed by atoms with Crippen molar-refractivity contribution in [1.82, 2.24) is 0 Å². The van der Waals surface area contributed by atoms with Crippen molar-refractivity contribution in [3.05, 3.63) is 211 Å². The summed E-state index contributed by atoms with van der Waals surface area (Å²) >= 11 is 0. The lowest BCUT2D eigenvalue weighted by atomic mass is 9.82. The average Bonchev–Trinajstić information content (AvgIpc) is 3.76. The van der Waals surface area contributed by atoms with Gasteiger partial charge in [-0.3, -0.25) is 0 Å².